The zero-order valence-electron chi connectivity index (χ0n) is 18.8. The third-order valence-electron chi connectivity index (χ3n) is 5.21. The number of aryl methyl sites for hydroxylation is 1. The largest absolute Gasteiger partial charge is 0.496 e. The Bertz CT molecular complexity index is 806. The summed E-state index contributed by atoms with van der Waals surface area (Å²) >= 11 is 0. The lowest BCUT2D eigenvalue weighted by atomic mass is 9.87. The molecule has 4 heteroatoms. The van der Waals surface area contributed by atoms with Crippen molar-refractivity contribution in [3.8, 4) is 11.5 Å². The molecule has 0 heterocycles. The summed E-state index contributed by atoms with van der Waals surface area (Å²) in [7, 11) is 1.66. The fourth-order valence-electron chi connectivity index (χ4n) is 3.32. The summed E-state index contributed by atoms with van der Waals surface area (Å²) in [5.74, 6) is 1.48. The highest BCUT2D eigenvalue weighted by Gasteiger charge is 2.22. The predicted octanol–water partition coefficient (Wildman–Crippen LogP) is 5.73. The van der Waals surface area contributed by atoms with Gasteiger partial charge in [0, 0.05) is 0 Å². The smallest absolute Gasteiger partial charge is 0.261 e. The molecule has 1 amide bonds. The molecule has 0 saturated heterocycles. The van der Waals surface area contributed by atoms with E-state index >= 15 is 0 Å². The Morgan fingerprint density at radius 2 is 1.69 bits per heavy atom. The van der Waals surface area contributed by atoms with E-state index in [4.69, 9.17) is 9.47 Å². The zero-order chi connectivity index (χ0) is 21.6. The van der Waals surface area contributed by atoms with Crippen LogP contribution in [0.3, 0.4) is 0 Å². The second-order valence-electron chi connectivity index (χ2n) is 8.49. The molecule has 0 aliphatic carbocycles. The Balaban J connectivity index is 2.08. The number of ether oxygens (including phenoxy) is 2. The second-order valence-corrected chi connectivity index (χ2v) is 8.49. The zero-order valence-corrected chi connectivity index (χ0v) is 18.8. The monoisotopic (exact) mass is 397 g/mol. The molecule has 0 spiro atoms. The molecule has 1 N–H and O–H groups in total. The number of carbonyl (C=O) groups excluding carboxylic acids is 1. The Kier molecular flexibility index (Phi) is 7.72. The fourth-order valence-corrected chi connectivity index (χ4v) is 3.32. The van der Waals surface area contributed by atoms with E-state index in [1.807, 2.05) is 38.1 Å². The van der Waals surface area contributed by atoms with E-state index in [0.717, 1.165) is 23.3 Å². The van der Waals surface area contributed by atoms with E-state index in [2.05, 4.69) is 51.2 Å². The third-order valence-corrected chi connectivity index (χ3v) is 5.21. The van der Waals surface area contributed by atoms with Crippen LogP contribution in [0.5, 0.6) is 11.5 Å². The van der Waals surface area contributed by atoms with Gasteiger partial charge in [-0.3, -0.25) is 4.79 Å². The number of rotatable bonds is 8. The summed E-state index contributed by atoms with van der Waals surface area (Å²) in [4.78, 5) is 12.9. The minimum absolute atomic E-state index is 0.0620. The van der Waals surface area contributed by atoms with Crippen molar-refractivity contribution >= 4 is 5.91 Å². The summed E-state index contributed by atoms with van der Waals surface area (Å²) < 4.78 is 11.3. The molecule has 2 rings (SSSR count). The molecule has 4 nitrogen and oxygen atoms in total. The van der Waals surface area contributed by atoms with Gasteiger partial charge in [-0.15, -0.1) is 0 Å². The first kappa shape index (κ1) is 22.8. The molecule has 0 saturated carbocycles. The van der Waals surface area contributed by atoms with Crippen molar-refractivity contribution in [3.63, 3.8) is 0 Å². The Labute approximate surface area is 175 Å². The van der Waals surface area contributed by atoms with E-state index in [9.17, 15) is 4.79 Å². The van der Waals surface area contributed by atoms with Crippen LogP contribution in [-0.2, 0) is 10.2 Å². The van der Waals surface area contributed by atoms with Crippen molar-refractivity contribution in [1.29, 1.82) is 0 Å². The molecule has 0 radical (unpaired) electrons. The summed E-state index contributed by atoms with van der Waals surface area (Å²) in [5.41, 5.74) is 3.46. The van der Waals surface area contributed by atoms with Gasteiger partial charge in [0.2, 0.25) is 0 Å². The Morgan fingerprint density at radius 3 is 2.17 bits per heavy atom. The Hall–Kier alpha value is -2.49. The van der Waals surface area contributed by atoms with Crippen LogP contribution < -0.4 is 14.8 Å². The summed E-state index contributed by atoms with van der Waals surface area (Å²) in [6, 6.07) is 14.0. The van der Waals surface area contributed by atoms with E-state index < -0.39 is 6.10 Å². The number of amides is 1. The number of methoxy groups -OCH3 is 1. The molecule has 2 atom stereocenters. The van der Waals surface area contributed by atoms with Gasteiger partial charge in [0.1, 0.15) is 11.5 Å². The van der Waals surface area contributed by atoms with Crippen LogP contribution in [0, 0.1) is 6.92 Å². The lowest BCUT2D eigenvalue weighted by molar-refractivity contribution is -0.128. The number of nitrogens with one attached hydrogen (secondary N) is 1. The maximum absolute atomic E-state index is 12.9. The van der Waals surface area contributed by atoms with Crippen LogP contribution in [0.25, 0.3) is 0 Å². The van der Waals surface area contributed by atoms with Gasteiger partial charge in [-0.1, -0.05) is 58.9 Å². The quantitative estimate of drug-likeness (QED) is 0.619. The molecular formula is C25H35NO3. The number of carbonyl (C=O) groups is 1. The van der Waals surface area contributed by atoms with E-state index in [1.54, 1.807) is 7.11 Å². The number of hydrogen-bond acceptors (Lipinski definition) is 3. The summed E-state index contributed by atoms with van der Waals surface area (Å²) in [6.45, 7) is 12.6. The van der Waals surface area contributed by atoms with Crippen LogP contribution >= 0.6 is 0 Å². The van der Waals surface area contributed by atoms with Gasteiger partial charge in [-0.05, 0) is 60.1 Å². The van der Waals surface area contributed by atoms with Crippen molar-refractivity contribution in [2.75, 3.05) is 7.11 Å². The van der Waals surface area contributed by atoms with Gasteiger partial charge in [0.25, 0.3) is 5.91 Å². The molecule has 2 aromatic carbocycles. The van der Waals surface area contributed by atoms with E-state index in [1.165, 1.54) is 5.56 Å². The van der Waals surface area contributed by atoms with Gasteiger partial charge in [0.15, 0.2) is 6.10 Å². The van der Waals surface area contributed by atoms with E-state index in [-0.39, 0.29) is 17.4 Å². The number of hydrogen-bond donors (Lipinski definition) is 1. The van der Waals surface area contributed by atoms with Crippen LogP contribution in [0.2, 0.25) is 0 Å². The van der Waals surface area contributed by atoms with Crippen LogP contribution in [0.4, 0.5) is 0 Å². The molecule has 0 aliphatic rings. The fraction of sp³-hybridized carbons (Fsp3) is 0.480. The molecular weight excluding hydrogens is 362 g/mol. The molecule has 0 unspecified atom stereocenters. The van der Waals surface area contributed by atoms with Gasteiger partial charge in [-0.25, -0.2) is 0 Å². The van der Waals surface area contributed by atoms with Crippen molar-refractivity contribution in [2.45, 2.75) is 71.9 Å². The molecule has 29 heavy (non-hydrogen) atoms. The molecule has 0 bridgehead atoms. The molecule has 0 aromatic heterocycles. The first-order chi connectivity index (χ1) is 13.7. The lowest BCUT2D eigenvalue weighted by Gasteiger charge is -2.24. The van der Waals surface area contributed by atoms with Gasteiger partial charge < -0.3 is 14.8 Å². The minimum atomic E-state index is -0.524. The third kappa shape index (κ3) is 5.99. The predicted molar refractivity (Wildman–Crippen MR) is 119 cm³/mol. The normalized spacial score (nSPS) is 13.5. The van der Waals surface area contributed by atoms with Gasteiger partial charge >= 0.3 is 0 Å². The van der Waals surface area contributed by atoms with Crippen molar-refractivity contribution in [1.82, 2.24) is 5.32 Å². The Morgan fingerprint density at radius 1 is 1.03 bits per heavy atom. The van der Waals surface area contributed by atoms with Crippen LogP contribution in [0.15, 0.2) is 42.5 Å². The van der Waals surface area contributed by atoms with E-state index in [0.29, 0.717) is 12.2 Å². The molecule has 158 valence electrons. The summed E-state index contributed by atoms with van der Waals surface area (Å²) in [5, 5.41) is 3.15. The number of benzene rings is 2. The minimum Gasteiger partial charge on any atom is -0.496 e. The molecule has 2 aromatic rings. The first-order valence-electron chi connectivity index (χ1n) is 10.4. The SMILES string of the molecule is CC[C@@H](Oc1ccc(C(C)(C)C)cc1)C(=O)N[C@H](CC)c1ccc(OC)c(C)c1. The van der Waals surface area contributed by atoms with Crippen LogP contribution in [0.1, 0.15) is 70.2 Å². The van der Waals surface area contributed by atoms with Crippen molar-refractivity contribution in [2.24, 2.45) is 0 Å². The summed E-state index contributed by atoms with van der Waals surface area (Å²) in [6.07, 6.45) is 0.878. The van der Waals surface area contributed by atoms with Crippen molar-refractivity contribution < 1.29 is 14.3 Å². The first-order valence-corrected chi connectivity index (χ1v) is 10.4. The maximum atomic E-state index is 12.9. The highest BCUT2D eigenvalue weighted by molar-refractivity contribution is 5.81. The average Bonchev–Trinajstić information content (AvgIpc) is 2.69. The average molecular weight is 398 g/mol. The second kappa shape index (κ2) is 9.82. The van der Waals surface area contributed by atoms with Gasteiger partial charge in [-0.2, -0.15) is 0 Å². The van der Waals surface area contributed by atoms with Crippen LogP contribution in [-0.4, -0.2) is 19.1 Å². The standard InChI is InChI=1S/C25H35NO3/c1-8-21(18-10-15-23(28-7)17(3)16-18)26-24(27)22(9-2)29-20-13-11-19(12-14-20)25(4,5)6/h10-16,21-22H,8-9H2,1-7H3,(H,26,27)/t21-,22-/m1/s1. The molecule has 0 aliphatic heterocycles. The van der Waals surface area contributed by atoms with Gasteiger partial charge in [0.05, 0.1) is 13.2 Å². The highest BCUT2D eigenvalue weighted by atomic mass is 16.5. The van der Waals surface area contributed by atoms with Crippen molar-refractivity contribution in [3.05, 3.63) is 59.2 Å². The lowest BCUT2D eigenvalue weighted by Crippen LogP contribution is -2.40. The maximum Gasteiger partial charge on any atom is 0.261 e. The highest BCUT2D eigenvalue weighted by Crippen LogP contribution is 2.26. The topological polar surface area (TPSA) is 47.6 Å². The molecule has 0 fully saturated rings.